The van der Waals surface area contributed by atoms with Gasteiger partial charge in [0, 0.05) is 49.4 Å². The van der Waals surface area contributed by atoms with Gasteiger partial charge in [0.1, 0.15) is 0 Å². The monoisotopic (exact) mass is 307 g/mol. The van der Waals surface area contributed by atoms with E-state index in [1.165, 1.54) is 0 Å². The summed E-state index contributed by atoms with van der Waals surface area (Å²) < 4.78 is 59.4. The number of nitrogens with zero attached hydrogens (tertiary/aromatic N) is 2. The van der Waals surface area contributed by atoms with E-state index < -0.39 is 34.1 Å². The van der Waals surface area contributed by atoms with Gasteiger partial charge in [-0.2, -0.15) is 13.5 Å². The molecule has 3 aliphatic rings. The maximum absolute atomic E-state index is 13.8. The van der Waals surface area contributed by atoms with Crippen LogP contribution in [-0.2, 0) is 18.9 Å². The van der Waals surface area contributed by atoms with Crippen LogP contribution in [0.4, 0.5) is 13.6 Å². The standard InChI is InChI=1S/C8H10F2N2O5S.Na/c1-7(9,10)8-3-2-5-4-11(8)6(13)12(5)17-18(14,15)16-8;/h5H,2-4H2,1H3;/t5-,8+;/m1./s1. The topological polar surface area (TPSA) is 76.2 Å². The smallest absolute Gasteiger partial charge is 0.286 e. The number of hydrogen-bond acceptors (Lipinski definition) is 5. The molecule has 3 bridgehead atoms. The summed E-state index contributed by atoms with van der Waals surface area (Å²) in [4.78, 5) is 12.6. The predicted octanol–water partition coefficient (Wildman–Crippen LogP) is 0.0637. The first kappa shape index (κ1) is 15.4. The molecular weight excluding hydrogens is 297 g/mol. The molecule has 2 amide bonds. The summed E-state index contributed by atoms with van der Waals surface area (Å²) in [6.45, 7) is 0.502. The summed E-state index contributed by atoms with van der Waals surface area (Å²) in [5.41, 5.74) is -2.48. The first-order valence-corrected chi connectivity index (χ1v) is 6.63. The molecule has 2 atom stereocenters. The molecular formula is C8H10F2N2NaO5S. The predicted molar refractivity (Wildman–Crippen MR) is 57.2 cm³/mol. The van der Waals surface area contributed by atoms with E-state index in [1.54, 1.807) is 0 Å². The molecule has 0 saturated carbocycles. The molecule has 0 N–H and O–H groups in total. The molecule has 0 spiro atoms. The van der Waals surface area contributed by atoms with Crippen molar-refractivity contribution in [2.75, 3.05) is 6.54 Å². The molecule has 3 fully saturated rings. The van der Waals surface area contributed by atoms with Crippen LogP contribution in [0.5, 0.6) is 0 Å². The second-order valence-corrected chi connectivity index (χ2v) is 5.78. The zero-order valence-corrected chi connectivity index (χ0v) is 13.1. The molecule has 0 aromatic carbocycles. The van der Waals surface area contributed by atoms with Crippen molar-refractivity contribution in [3.8, 4) is 0 Å². The molecule has 0 aromatic heterocycles. The Morgan fingerprint density at radius 3 is 2.68 bits per heavy atom. The van der Waals surface area contributed by atoms with Crippen molar-refractivity contribution >= 4 is 46.0 Å². The third kappa shape index (κ3) is 2.00. The number of piperidine rings is 1. The normalized spacial score (nSPS) is 36.2. The molecule has 0 aliphatic carbocycles. The molecule has 11 heteroatoms. The molecule has 3 heterocycles. The van der Waals surface area contributed by atoms with Gasteiger partial charge >= 0.3 is 16.4 Å². The van der Waals surface area contributed by atoms with Crippen LogP contribution < -0.4 is 0 Å². The summed E-state index contributed by atoms with van der Waals surface area (Å²) in [6, 6.07) is -1.44. The van der Waals surface area contributed by atoms with Gasteiger partial charge in [-0.3, -0.25) is 4.90 Å². The SMILES string of the molecule is CC(F)(F)[C@@]12CC[C@@H]3CN1C(=O)N3OS(=O)(=O)O2.[Na]. The number of alkyl halides is 2. The van der Waals surface area contributed by atoms with E-state index in [0.717, 1.165) is 4.90 Å². The van der Waals surface area contributed by atoms with Crippen molar-refractivity contribution in [3.63, 3.8) is 0 Å². The number of carbonyl (C=O) groups is 1. The van der Waals surface area contributed by atoms with Crippen molar-refractivity contribution in [2.24, 2.45) is 0 Å². The number of carbonyl (C=O) groups excluding carboxylic acids is 1. The molecule has 103 valence electrons. The number of rotatable bonds is 1. The fraction of sp³-hybridized carbons (Fsp3) is 0.875. The van der Waals surface area contributed by atoms with Gasteiger partial charge in [0.15, 0.2) is 0 Å². The van der Waals surface area contributed by atoms with E-state index in [2.05, 4.69) is 8.47 Å². The number of urea groups is 1. The van der Waals surface area contributed by atoms with Gasteiger partial charge < -0.3 is 0 Å². The Hall–Kier alpha value is -0.000000000000000222. The van der Waals surface area contributed by atoms with Crippen molar-refractivity contribution in [1.29, 1.82) is 0 Å². The average Bonchev–Trinajstić information content (AvgIpc) is 2.39. The fourth-order valence-corrected chi connectivity index (χ4v) is 3.71. The Morgan fingerprint density at radius 1 is 1.47 bits per heavy atom. The van der Waals surface area contributed by atoms with Crippen LogP contribution in [0.15, 0.2) is 0 Å². The van der Waals surface area contributed by atoms with Crippen LogP contribution in [-0.4, -0.2) is 78.2 Å². The molecule has 0 aromatic rings. The maximum atomic E-state index is 13.8. The Kier molecular flexibility index (Phi) is 3.44. The Balaban J connectivity index is 0.00000133. The minimum Gasteiger partial charge on any atom is -0.286 e. The van der Waals surface area contributed by atoms with E-state index in [1.807, 2.05) is 0 Å². The van der Waals surface area contributed by atoms with Gasteiger partial charge in [-0.1, -0.05) is 0 Å². The van der Waals surface area contributed by atoms with Crippen LogP contribution in [0.3, 0.4) is 0 Å². The maximum Gasteiger partial charge on any atom is 0.423 e. The fourth-order valence-electron chi connectivity index (χ4n) is 2.64. The number of hydroxylamine groups is 2. The van der Waals surface area contributed by atoms with E-state index in [0.29, 0.717) is 12.0 Å². The first-order valence-electron chi connectivity index (χ1n) is 5.30. The van der Waals surface area contributed by atoms with E-state index in [4.69, 9.17) is 0 Å². The summed E-state index contributed by atoms with van der Waals surface area (Å²) in [5, 5.41) is 0.607. The molecule has 7 nitrogen and oxygen atoms in total. The van der Waals surface area contributed by atoms with Gasteiger partial charge in [-0.15, -0.1) is 4.28 Å². The van der Waals surface area contributed by atoms with Gasteiger partial charge in [-0.25, -0.2) is 17.8 Å². The number of hydrogen-bond donors (Lipinski definition) is 0. The summed E-state index contributed by atoms with van der Waals surface area (Å²) in [7, 11) is -4.67. The molecule has 3 aliphatic heterocycles. The van der Waals surface area contributed by atoms with Crippen LogP contribution in [0.25, 0.3) is 0 Å². The number of halogens is 2. The van der Waals surface area contributed by atoms with Gasteiger partial charge in [-0.05, 0) is 6.42 Å². The van der Waals surface area contributed by atoms with Crippen LogP contribution in [0.2, 0.25) is 0 Å². The third-order valence-electron chi connectivity index (χ3n) is 3.49. The third-order valence-corrected chi connectivity index (χ3v) is 4.32. The second-order valence-electron chi connectivity index (χ2n) is 4.65. The minimum absolute atomic E-state index is 0. The quantitative estimate of drug-likeness (QED) is 0.641. The summed E-state index contributed by atoms with van der Waals surface area (Å²) in [6.07, 6.45) is -0.0623. The second kappa shape index (κ2) is 4.25. The largest absolute Gasteiger partial charge is 0.423 e. The number of fused-ring (bicyclic) bond motifs is 3. The van der Waals surface area contributed by atoms with Gasteiger partial charge in [0.2, 0.25) is 5.72 Å². The average molecular weight is 307 g/mol. The molecule has 3 saturated heterocycles. The molecule has 0 unspecified atom stereocenters. The minimum atomic E-state index is -4.67. The molecule has 19 heavy (non-hydrogen) atoms. The van der Waals surface area contributed by atoms with Crippen LogP contribution in [0, 0.1) is 0 Å². The van der Waals surface area contributed by atoms with E-state index >= 15 is 0 Å². The van der Waals surface area contributed by atoms with Crippen molar-refractivity contribution in [3.05, 3.63) is 0 Å². The summed E-state index contributed by atoms with van der Waals surface area (Å²) >= 11 is 0. The summed E-state index contributed by atoms with van der Waals surface area (Å²) in [5.74, 6) is -3.52. The van der Waals surface area contributed by atoms with Crippen molar-refractivity contribution < 1.29 is 30.5 Å². The van der Waals surface area contributed by atoms with Crippen molar-refractivity contribution in [1.82, 2.24) is 9.96 Å². The number of amides is 2. The van der Waals surface area contributed by atoms with Gasteiger partial charge in [0.25, 0.3) is 5.92 Å². The Labute approximate surface area is 130 Å². The first-order chi connectivity index (χ1) is 8.16. The van der Waals surface area contributed by atoms with Crippen LogP contribution >= 0.6 is 0 Å². The van der Waals surface area contributed by atoms with Crippen molar-refractivity contribution in [2.45, 2.75) is 37.5 Å². The van der Waals surface area contributed by atoms with Gasteiger partial charge in [0.05, 0.1) is 6.04 Å². The molecule has 3 rings (SSSR count). The Morgan fingerprint density at radius 2 is 2.11 bits per heavy atom. The van der Waals surface area contributed by atoms with Crippen LogP contribution in [0.1, 0.15) is 19.8 Å². The van der Waals surface area contributed by atoms with E-state index in [-0.39, 0.29) is 48.9 Å². The zero-order valence-electron chi connectivity index (χ0n) is 10.3. The molecule has 1 radical (unpaired) electrons. The zero-order chi connectivity index (χ0) is 13.3. The van der Waals surface area contributed by atoms with E-state index in [9.17, 15) is 22.0 Å². The Bertz CT molecular complexity index is 524.